The smallest absolute Gasteiger partial charge is 0.325 e. The highest BCUT2D eigenvalue weighted by molar-refractivity contribution is 5.93. The molecule has 1 amide bonds. The molecule has 3 heterocycles. The fraction of sp³-hybridized carbons (Fsp3) is 0.583. The van der Waals surface area contributed by atoms with E-state index < -0.39 is 11.2 Å². The zero-order valence-electron chi connectivity index (χ0n) is 10.4. The summed E-state index contributed by atoms with van der Waals surface area (Å²) in [4.78, 5) is 40.9. The van der Waals surface area contributed by atoms with Gasteiger partial charge in [-0.1, -0.05) is 0 Å². The number of nitrogens with one attached hydrogen (secondary N) is 3. The molecule has 0 spiro atoms. The molecule has 2 aliphatic rings. The number of fused-ring (bicyclic) bond motifs is 1. The summed E-state index contributed by atoms with van der Waals surface area (Å²) in [5.74, 6) is 0.160. The first-order valence-corrected chi connectivity index (χ1v) is 6.50. The Balaban J connectivity index is 1.81. The highest BCUT2D eigenvalue weighted by Gasteiger charge is 2.37. The Labute approximate surface area is 109 Å². The molecule has 1 aromatic rings. The lowest BCUT2D eigenvalue weighted by Gasteiger charge is -2.24. The number of piperidine rings is 1. The summed E-state index contributed by atoms with van der Waals surface area (Å²) < 4.78 is 0. The number of H-pyrrole nitrogens is 2. The fourth-order valence-corrected chi connectivity index (χ4v) is 2.95. The van der Waals surface area contributed by atoms with Crippen LogP contribution in [0.1, 0.15) is 23.2 Å². The minimum Gasteiger partial charge on any atom is -0.337 e. The van der Waals surface area contributed by atoms with Crippen molar-refractivity contribution in [3.8, 4) is 0 Å². The molecule has 0 bridgehead atoms. The van der Waals surface area contributed by atoms with E-state index in [1.54, 1.807) is 4.90 Å². The number of amides is 1. The third-order valence-electron chi connectivity index (χ3n) is 3.94. The van der Waals surface area contributed by atoms with Gasteiger partial charge in [-0.05, 0) is 25.3 Å². The number of carbonyl (C=O) groups is 1. The van der Waals surface area contributed by atoms with Crippen molar-refractivity contribution in [2.75, 3.05) is 19.6 Å². The van der Waals surface area contributed by atoms with Crippen LogP contribution in [0, 0.1) is 5.92 Å². The van der Waals surface area contributed by atoms with Crippen molar-refractivity contribution in [2.24, 2.45) is 5.92 Å². The van der Waals surface area contributed by atoms with E-state index in [0.29, 0.717) is 25.0 Å². The van der Waals surface area contributed by atoms with Crippen molar-refractivity contribution in [3.05, 3.63) is 32.6 Å². The van der Waals surface area contributed by atoms with Gasteiger partial charge in [0.05, 0.1) is 0 Å². The molecule has 2 unspecified atom stereocenters. The first-order chi connectivity index (χ1) is 9.15. The summed E-state index contributed by atoms with van der Waals surface area (Å²) in [5.41, 5.74) is -1.23. The van der Waals surface area contributed by atoms with Crippen molar-refractivity contribution in [2.45, 2.75) is 18.9 Å². The average molecular weight is 264 g/mol. The molecule has 2 fully saturated rings. The van der Waals surface area contributed by atoms with Crippen molar-refractivity contribution < 1.29 is 4.79 Å². The summed E-state index contributed by atoms with van der Waals surface area (Å²) in [6.45, 7) is 2.29. The van der Waals surface area contributed by atoms with Gasteiger partial charge in [0.1, 0.15) is 5.56 Å². The molecule has 0 aliphatic carbocycles. The predicted molar refractivity (Wildman–Crippen MR) is 68.1 cm³/mol. The van der Waals surface area contributed by atoms with Crippen LogP contribution in [0.3, 0.4) is 0 Å². The van der Waals surface area contributed by atoms with Crippen LogP contribution in [-0.4, -0.2) is 46.5 Å². The summed E-state index contributed by atoms with van der Waals surface area (Å²) in [6, 6.07) is 0.333. The lowest BCUT2D eigenvalue weighted by atomic mass is 9.94. The van der Waals surface area contributed by atoms with Gasteiger partial charge in [0.25, 0.3) is 11.5 Å². The SMILES string of the molecule is O=C(c1c[nH]c(=O)[nH]c1=O)N1CC2CCCNC2C1. The summed E-state index contributed by atoms with van der Waals surface area (Å²) in [5, 5.41) is 3.40. The van der Waals surface area contributed by atoms with Crippen molar-refractivity contribution in [1.29, 1.82) is 0 Å². The summed E-state index contributed by atoms with van der Waals surface area (Å²) >= 11 is 0. The number of aromatic amines is 2. The maximum atomic E-state index is 12.3. The molecule has 2 saturated heterocycles. The van der Waals surface area contributed by atoms with Gasteiger partial charge >= 0.3 is 5.69 Å². The molecule has 1 aromatic heterocycles. The van der Waals surface area contributed by atoms with E-state index in [2.05, 4.69) is 15.3 Å². The third kappa shape index (κ3) is 2.21. The van der Waals surface area contributed by atoms with Gasteiger partial charge in [-0.3, -0.25) is 14.6 Å². The second-order valence-electron chi connectivity index (χ2n) is 5.16. The molecular formula is C12H16N4O3. The molecule has 7 nitrogen and oxygen atoms in total. The van der Waals surface area contributed by atoms with Crippen LogP contribution in [0.15, 0.2) is 15.8 Å². The topological polar surface area (TPSA) is 98.1 Å². The maximum Gasteiger partial charge on any atom is 0.325 e. The molecule has 0 radical (unpaired) electrons. The molecule has 0 aromatic carbocycles. The van der Waals surface area contributed by atoms with Crippen LogP contribution in [-0.2, 0) is 0 Å². The molecule has 0 saturated carbocycles. The highest BCUT2D eigenvalue weighted by Crippen LogP contribution is 2.25. The second-order valence-corrected chi connectivity index (χ2v) is 5.16. The third-order valence-corrected chi connectivity index (χ3v) is 3.94. The first-order valence-electron chi connectivity index (χ1n) is 6.50. The Hall–Kier alpha value is -1.89. The Morgan fingerprint density at radius 2 is 2.16 bits per heavy atom. The highest BCUT2D eigenvalue weighted by atomic mass is 16.2. The van der Waals surface area contributed by atoms with Gasteiger partial charge in [-0.15, -0.1) is 0 Å². The van der Waals surface area contributed by atoms with Crippen molar-refractivity contribution in [1.82, 2.24) is 20.2 Å². The molecule has 19 heavy (non-hydrogen) atoms. The van der Waals surface area contributed by atoms with Crippen LogP contribution in [0.2, 0.25) is 0 Å². The maximum absolute atomic E-state index is 12.3. The van der Waals surface area contributed by atoms with E-state index in [0.717, 1.165) is 19.4 Å². The van der Waals surface area contributed by atoms with Crippen LogP contribution < -0.4 is 16.6 Å². The zero-order valence-corrected chi connectivity index (χ0v) is 10.4. The minimum absolute atomic E-state index is 0.00162. The van der Waals surface area contributed by atoms with Gasteiger partial charge in [-0.2, -0.15) is 0 Å². The summed E-state index contributed by atoms with van der Waals surface area (Å²) in [6.07, 6.45) is 3.44. The average Bonchev–Trinajstić information content (AvgIpc) is 2.81. The number of carbonyl (C=O) groups excluding carboxylic acids is 1. The lowest BCUT2D eigenvalue weighted by molar-refractivity contribution is 0.0783. The van der Waals surface area contributed by atoms with E-state index in [-0.39, 0.29) is 11.5 Å². The predicted octanol–water partition coefficient (Wildman–Crippen LogP) is -1.11. The van der Waals surface area contributed by atoms with E-state index in [9.17, 15) is 14.4 Å². The van der Waals surface area contributed by atoms with Gasteiger partial charge < -0.3 is 15.2 Å². The number of hydrogen-bond donors (Lipinski definition) is 3. The van der Waals surface area contributed by atoms with Crippen molar-refractivity contribution in [3.63, 3.8) is 0 Å². The Kier molecular flexibility index (Phi) is 2.98. The van der Waals surface area contributed by atoms with Gasteiger partial charge in [-0.25, -0.2) is 4.79 Å². The number of hydrogen-bond acceptors (Lipinski definition) is 4. The Bertz CT molecular complexity index is 591. The lowest BCUT2D eigenvalue weighted by Crippen LogP contribution is -2.41. The molecular weight excluding hydrogens is 248 g/mol. The van der Waals surface area contributed by atoms with E-state index >= 15 is 0 Å². The normalized spacial score (nSPS) is 26.2. The van der Waals surface area contributed by atoms with Crippen LogP contribution in [0.5, 0.6) is 0 Å². The Morgan fingerprint density at radius 1 is 1.32 bits per heavy atom. The molecule has 3 N–H and O–H groups in total. The van der Waals surface area contributed by atoms with Gasteiger partial charge in [0.2, 0.25) is 0 Å². The van der Waals surface area contributed by atoms with E-state index in [1.807, 2.05) is 0 Å². The Morgan fingerprint density at radius 3 is 2.89 bits per heavy atom. The number of likely N-dealkylation sites (tertiary alicyclic amines) is 1. The summed E-state index contributed by atoms with van der Waals surface area (Å²) in [7, 11) is 0. The largest absolute Gasteiger partial charge is 0.337 e. The molecule has 2 atom stereocenters. The van der Waals surface area contributed by atoms with Crippen molar-refractivity contribution >= 4 is 5.91 Å². The second kappa shape index (κ2) is 4.65. The fourth-order valence-electron chi connectivity index (χ4n) is 2.95. The molecule has 7 heteroatoms. The minimum atomic E-state index is -0.628. The molecule has 102 valence electrons. The number of aromatic nitrogens is 2. The number of rotatable bonds is 1. The van der Waals surface area contributed by atoms with Gasteiger partial charge in [0.15, 0.2) is 0 Å². The quantitative estimate of drug-likeness (QED) is 0.599. The monoisotopic (exact) mass is 264 g/mol. The van der Waals surface area contributed by atoms with E-state index in [1.165, 1.54) is 6.20 Å². The molecule has 2 aliphatic heterocycles. The van der Waals surface area contributed by atoms with E-state index in [4.69, 9.17) is 0 Å². The standard InChI is InChI=1S/C12H16N4O3/c17-10-8(4-14-12(19)15-10)11(18)16-5-7-2-1-3-13-9(7)6-16/h4,7,9,13H,1-3,5-6H2,(H2,14,15,17,19). The number of nitrogens with zero attached hydrogens (tertiary/aromatic N) is 1. The van der Waals surface area contributed by atoms with Crippen LogP contribution >= 0.6 is 0 Å². The molecule has 3 rings (SSSR count). The van der Waals surface area contributed by atoms with Crippen LogP contribution in [0.25, 0.3) is 0 Å². The van der Waals surface area contributed by atoms with Crippen LogP contribution in [0.4, 0.5) is 0 Å². The van der Waals surface area contributed by atoms with Gasteiger partial charge in [0, 0.05) is 25.3 Å². The zero-order chi connectivity index (χ0) is 13.4. The first kappa shape index (κ1) is 12.2.